The minimum Gasteiger partial charge on any atom is -0.494 e. The fourth-order valence-corrected chi connectivity index (χ4v) is 4.04. The van der Waals surface area contributed by atoms with Crippen LogP contribution in [0.3, 0.4) is 0 Å². The first kappa shape index (κ1) is 18.7. The van der Waals surface area contributed by atoms with Gasteiger partial charge in [-0.25, -0.2) is 9.18 Å². The van der Waals surface area contributed by atoms with Crippen LogP contribution in [0.15, 0.2) is 22.7 Å². The first-order chi connectivity index (χ1) is 13.4. The molecule has 2 saturated heterocycles. The number of rotatable bonds is 4. The molecule has 2 aromatic rings. The van der Waals surface area contributed by atoms with Crippen molar-refractivity contribution in [3.8, 4) is 17.1 Å². The van der Waals surface area contributed by atoms with Crippen molar-refractivity contribution >= 4 is 11.8 Å². The number of nitrogens with zero attached hydrogens (tertiary/aromatic N) is 2. The zero-order chi connectivity index (χ0) is 19.9. The second kappa shape index (κ2) is 7.06. The van der Waals surface area contributed by atoms with E-state index in [1.54, 1.807) is 0 Å². The molecule has 8 nitrogen and oxygen atoms in total. The molecular weight excluding hydrogens is 369 g/mol. The summed E-state index contributed by atoms with van der Waals surface area (Å²) in [5.41, 5.74) is 6.08. The molecule has 0 amide bonds. The second-order valence-electron chi connectivity index (χ2n) is 7.31. The van der Waals surface area contributed by atoms with Crippen LogP contribution in [0, 0.1) is 5.82 Å². The topological polar surface area (TPSA) is 111 Å². The second-order valence-corrected chi connectivity index (χ2v) is 7.31. The van der Waals surface area contributed by atoms with Gasteiger partial charge in [0.2, 0.25) is 0 Å². The van der Waals surface area contributed by atoms with Crippen LogP contribution in [0.2, 0.25) is 0 Å². The summed E-state index contributed by atoms with van der Waals surface area (Å²) in [6.07, 6.45) is 2.30. The Balaban J connectivity index is 1.62. The van der Waals surface area contributed by atoms with Crippen molar-refractivity contribution in [2.24, 2.45) is 5.73 Å². The molecule has 1 aromatic carbocycles. The summed E-state index contributed by atoms with van der Waals surface area (Å²) in [7, 11) is 1.34. The van der Waals surface area contributed by atoms with Gasteiger partial charge in [0.1, 0.15) is 0 Å². The van der Waals surface area contributed by atoms with Gasteiger partial charge in [-0.3, -0.25) is 0 Å². The molecule has 3 heterocycles. The molecule has 2 aliphatic heterocycles. The van der Waals surface area contributed by atoms with Crippen LogP contribution in [-0.4, -0.2) is 54.7 Å². The van der Waals surface area contributed by atoms with Gasteiger partial charge in [-0.2, -0.15) is 0 Å². The lowest BCUT2D eigenvalue weighted by Crippen LogP contribution is -2.45. The molecule has 1 unspecified atom stereocenters. The predicted octanol–water partition coefficient (Wildman–Crippen LogP) is 2.27. The fraction of sp³-hybridized carbons (Fsp3) is 0.474. The first-order valence-electron chi connectivity index (χ1n) is 9.14. The maximum absolute atomic E-state index is 13.7. The third-order valence-electron chi connectivity index (χ3n) is 5.51. The van der Waals surface area contributed by atoms with Crippen LogP contribution >= 0.6 is 0 Å². The molecule has 9 heteroatoms. The zero-order valence-electron chi connectivity index (χ0n) is 15.5. The number of nitrogens with two attached hydrogens (primary N) is 1. The van der Waals surface area contributed by atoms with Gasteiger partial charge < -0.3 is 29.7 Å². The van der Waals surface area contributed by atoms with Crippen molar-refractivity contribution in [3.63, 3.8) is 0 Å². The van der Waals surface area contributed by atoms with E-state index in [0.29, 0.717) is 25.3 Å². The Hall–Kier alpha value is -2.65. The molecule has 2 aliphatic rings. The number of hydrogen-bond donors (Lipinski definition) is 2. The number of benzene rings is 1. The summed E-state index contributed by atoms with van der Waals surface area (Å²) < 4.78 is 29.9. The van der Waals surface area contributed by atoms with Gasteiger partial charge in [-0.15, -0.1) is 0 Å². The molecular formula is C19H22FN3O5. The highest BCUT2D eigenvalue weighted by molar-refractivity contribution is 5.99. The smallest absolute Gasteiger partial charge is 0.343 e. The maximum Gasteiger partial charge on any atom is 0.343 e. The van der Waals surface area contributed by atoms with Gasteiger partial charge in [0.15, 0.2) is 28.7 Å². The van der Waals surface area contributed by atoms with Gasteiger partial charge in [0.05, 0.1) is 19.3 Å². The van der Waals surface area contributed by atoms with Gasteiger partial charge in [0, 0.05) is 24.7 Å². The molecule has 150 valence electrons. The minimum absolute atomic E-state index is 0.00132. The molecule has 0 aliphatic carbocycles. The Morgan fingerprint density at radius 3 is 2.79 bits per heavy atom. The van der Waals surface area contributed by atoms with Crippen molar-refractivity contribution in [2.45, 2.75) is 30.9 Å². The molecule has 1 atom stereocenters. The van der Waals surface area contributed by atoms with Gasteiger partial charge in [-0.1, -0.05) is 5.16 Å². The molecule has 3 N–H and O–H groups in total. The number of hydrogen-bond acceptors (Lipinski definition) is 7. The number of aromatic carboxylic acids is 1. The van der Waals surface area contributed by atoms with Crippen LogP contribution < -0.4 is 15.4 Å². The van der Waals surface area contributed by atoms with Crippen molar-refractivity contribution in [3.05, 3.63) is 29.6 Å². The first-order valence-corrected chi connectivity index (χ1v) is 9.14. The Morgan fingerprint density at radius 2 is 2.18 bits per heavy atom. The molecule has 2 fully saturated rings. The summed E-state index contributed by atoms with van der Waals surface area (Å²) in [6, 6.07) is 4.08. The number of anilines is 1. The Kier molecular flexibility index (Phi) is 4.72. The van der Waals surface area contributed by atoms with E-state index < -0.39 is 11.8 Å². The highest BCUT2D eigenvalue weighted by atomic mass is 19.1. The van der Waals surface area contributed by atoms with E-state index in [4.69, 9.17) is 19.7 Å². The highest BCUT2D eigenvalue weighted by Gasteiger charge is 2.42. The van der Waals surface area contributed by atoms with Gasteiger partial charge in [-0.05, 0) is 37.5 Å². The number of carboxylic acid groups (broad SMARTS) is 1. The van der Waals surface area contributed by atoms with E-state index in [1.807, 2.05) is 4.90 Å². The Morgan fingerprint density at radius 1 is 1.43 bits per heavy atom. The highest BCUT2D eigenvalue weighted by Crippen LogP contribution is 2.39. The molecule has 28 heavy (non-hydrogen) atoms. The van der Waals surface area contributed by atoms with E-state index in [-0.39, 0.29) is 34.5 Å². The van der Waals surface area contributed by atoms with Gasteiger partial charge >= 0.3 is 5.97 Å². The van der Waals surface area contributed by atoms with Crippen molar-refractivity contribution in [2.75, 3.05) is 31.7 Å². The lowest BCUT2D eigenvalue weighted by Gasteiger charge is -2.38. The maximum atomic E-state index is 13.7. The number of methoxy groups -OCH3 is 1. The lowest BCUT2D eigenvalue weighted by atomic mass is 9.87. The van der Waals surface area contributed by atoms with Crippen molar-refractivity contribution < 1.29 is 28.3 Å². The van der Waals surface area contributed by atoms with Crippen LogP contribution in [0.4, 0.5) is 10.2 Å². The predicted molar refractivity (Wildman–Crippen MR) is 98.1 cm³/mol. The number of carbonyl (C=O) groups is 1. The van der Waals surface area contributed by atoms with E-state index in [1.165, 1.54) is 25.3 Å². The Bertz CT molecular complexity index is 892. The van der Waals surface area contributed by atoms with Crippen LogP contribution in [0.1, 0.15) is 29.6 Å². The van der Waals surface area contributed by atoms with E-state index in [2.05, 4.69) is 5.16 Å². The van der Waals surface area contributed by atoms with Crippen molar-refractivity contribution in [1.29, 1.82) is 0 Å². The zero-order valence-corrected chi connectivity index (χ0v) is 15.5. The van der Waals surface area contributed by atoms with Crippen LogP contribution in [0.5, 0.6) is 5.75 Å². The third kappa shape index (κ3) is 3.20. The standard InChI is InChI=1S/C19H22FN3O5/c1-26-14-8-11(2-3-13(14)20)16-15(18(24)25)17(22-28-16)23-6-4-19(5-7-23)9-12(21)10-27-19/h2-3,8,12H,4-7,9-10,21H2,1H3,(H,24,25). The normalized spacial score (nSPS) is 21.2. The molecule has 0 radical (unpaired) electrons. The summed E-state index contributed by atoms with van der Waals surface area (Å²) in [4.78, 5) is 13.8. The summed E-state index contributed by atoms with van der Waals surface area (Å²) in [6.45, 7) is 1.73. The monoisotopic (exact) mass is 391 g/mol. The quantitative estimate of drug-likeness (QED) is 0.817. The number of halogens is 1. The van der Waals surface area contributed by atoms with E-state index >= 15 is 0 Å². The number of aromatic nitrogens is 1. The lowest BCUT2D eigenvalue weighted by molar-refractivity contribution is -0.0149. The number of piperidine rings is 1. The third-order valence-corrected chi connectivity index (χ3v) is 5.51. The van der Waals surface area contributed by atoms with Crippen molar-refractivity contribution in [1.82, 2.24) is 5.16 Å². The molecule has 0 bridgehead atoms. The minimum atomic E-state index is -1.16. The van der Waals surface area contributed by atoms with Gasteiger partial charge in [0.25, 0.3) is 0 Å². The summed E-state index contributed by atoms with van der Waals surface area (Å²) in [5, 5.41) is 13.8. The number of carboxylic acids is 1. The van der Waals surface area contributed by atoms with E-state index in [0.717, 1.165) is 19.3 Å². The SMILES string of the molecule is COc1cc(-c2onc(N3CCC4(CC3)CC(N)CO4)c2C(=O)O)ccc1F. The molecule has 0 saturated carbocycles. The molecule has 4 rings (SSSR count). The summed E-state index contributed by atoms with van der Waals surface area (Å²) in [5.74, 6) is -1.36. The Labute approximate surface area is 161 Å². The summed E-state index contributed by atoms with van der Waals surface area (Å²) >= 11 is 0. The molecule has 1 spiro atoms. The largest absolute Gasteiger partial charge is 0.494 e. The fourth-order valence-electron chi connectivity index (χ4n) is 4.04. The van der Waals surface area contributed by atoms with E-state index in [9.17, 15) is 14.3 Å². The van der Waals surface area contributed by atoms with Crippen LogP contribution in [-0.2, 0) is 4.74 Å². The number of ether oxygens (including phenoxy) is 2. The average molecular weight is 391 g/mol. The van der Waals surface area contributed by atoms with Crippen LogP contribution in [0.25, 0.3) is 11.3 Å². The molecule has 1 aromatic heterocycles. The average Bonchev–Trinajstić information content (AvgIpc) is 3.27.